The Balaban J connectivity index is 3.35. The van der Waals surface area contributed by atoms with Gasteiger partial charge in [-0.25, -0.2) is 0 Å². The fourth-order valence-corrected chi connectivity index (χ4v) is 1.49. The number of aldehydes is 1. The van der Waals surface area contributed by atoms with Crippen molar-refractivity contribution in [2.24, 2.45) is 0 Å². The molecule has 0 heterocycles. The molecule has 1 rings (SSSR count). The molecule has 0 bridgehead atoms. The average Bonchev–Trinajstić information content (AvgIpc) is 2.16. The van der Waals surface area contributed by atoms with Crippen LogP contribution in [0.3, 0.4) is 0 Å². The van der Waals surface area contributed by atoms with Gasteiger partial charge in [-0.1, -0.05) is 6.07 Å². The molecule has 0 aliphatic rings. The Labute approximate surface area is 84.9 Å². The molecule has 1 aromatic carbocycles. The Kier molecular flexibility index (Phi) is 3.12. The lowest BCUT2D eigenvalue weighted by atomic mass is 10.1. The maximum atomic E-state index is 10.9. The fourth-order valence-electron chi connectivity index (χ4n) is 1.49. The predicted molar refractivity (Wildman–Crippen MR) is 60.5 cm³/mol. The van der Waals surface area contributed by atoms with Gasteiger partial charge in [-0.3, -0.25) is 4.79 Å². The maximum Gasteiger partial charge on any atom is 0.152 e. The smallest absolute Gasteiger partial charge is 0.152 e. The van der Waals surface area contributed by atoms with Crippen molar-refractivity contribution >= 4 is 17.7 Å². The number of nitrogens with zero attached hydrogens (tertiary/aromatic N) is 2. The van der Waals surface area contributed by atoms with Crippen molar-refractivity contribution in [2.75, 3.05) is 38.0 Å². The summed E-state index contributed by atoms with van der Waals surface area (Å²) in [4.78, 5) is 14.8. The summed E-state index contributed by atoms with van der Waals surface area (Å²) in [7, 11) is 7.82. The topological polar surface area (TPSA) is 23.6 Å². The lowest BCUT2D eigenvalue weighted by molar-refractivity contribution is 0.112. The lowest BCUT2D eigenvalue weighted by Crippen LogP contribution is -2.18. The van der Waals surface area contributed by atoms with E-state index in [1.807, 2.05) is 56.2 Å². The van der Waals surface area contributed by atoms with Crippen LogP contribution in [0.5, 0.6) is 0 Å². The molecular formula is C11H16N2O. The zero-order chi connectivity index (χ0) is 10.7. The highest BCUT2D eigenvalue weighted by molar-refractivity contribution is 5.90. The average molecular weight is 192 g/mol. The van der Waals surface area contributed by atoms with Crippen LogP contribution in [0.25, 0.3) is 0 Å². The lowest BCUT2D eigenvalue weighted by Gasteiger charge is -2.23. The number of anilines is 2. The Morgan fingerprint density at radius 2 is 1.71 bits per heavy atom. The number of carbonyl (C=O) groups is 1. The predicted octanol–water partition coefficient (Wildman–Crippen LogP) is 1.63. The summed E-state index contributed by atoms with van der Waals surface area (Å²) in [6.45, 7) is 0. The van der Waals surface area contributed by atoms with Gasteiger partial charge in [-0.15, -0.1) is 0 Å². The molecule has 0 radical (unpaired) electrons. The Morgan fingerprint density at radius 3 is 2.14 bits per heavy atom. The molecule has 0 spiro atoms. The van der Waals surface area contributed by atoms with Crippen molar-refractivity contribution in [3.63, 3.8) is 0 Å². The molecule has 0 saturated heterocycles. The highest BCUT2D eigenvalue weighted by Crippen LogP contribution is 2.29. The van der Waals surface area contributed by atoms with Crippen molar-refractivity contribution in [2.45, 2.75) is 0 Å². The minimum Gasteiger partial charge on any atom is -0.376 e. The summed E-state index contributed by atoms with van der Waals surface area (Å²) in [5, 5.41) is 0. The van der Waals surface area contributed by atoms with Gasteiger partial charge in [0.25, 0.3) is 0 Å². The molecule has 0 saturated carbocycles. The second-order valence-electron chi connectivity index (χ2n) is 3.62. The van der Waals surface area contributed by atoms with Gasteiger partial charge in [0.15, 0.2) is 6.29 Å². The van der Waals surface area contributed by atoms with Gasteiger partial charge in [0, 0.05) is 33.8 Å². The van der Waals surface area contributed by atoms with Gasteiger partial charge in [-0.05, 0) is 12.1 Å². The highest BCUT2D eigenvalue weighted by atomic mass is 16.1. The monoisotopic (exact) mass is 192 g/mol. The van der Waals surface area contributed by atoms with Crippen molar-refractivity contribution < 1.29 is 4.79 Å². The van der Waals surface area contributed by atoms with E-state index in [9.17, 15) is 4.79 Å². The van der Waals surface area contributed by atoms with Gasteiger partial charge >= 0.3 is 0 Å². The van der Waals surface area contributed by atoms with E-state index in [1.54, 1.807) is 0 Å². The molecule has 3 nitrogen and oxygen atoms in total. The highest BCUT2D eigenvalue weighted by Gasteiger charge is 2.10. The first kappa shape index (κ1) is 10.6. The van der Waals surface area contributed by atoms with Crippen molar-refractivity contribution in [1.82, 2.24) is 0 Å². The Morgan fingerprint density at radius 1 is 1.07 bits per heavy atom. The molecule has 1 aromatic rings. The molecular weight excluding hydrogens is 176 g/mol. The van der Waals surface area contributed by atoms with Crippen LogP contribution in [0.15, 0.2) is 18.2 Å². The third-order valence-corrected chi connectivity index (χ3v) is 2.10. The van der Waals surface area contributed by atoms with Crippen LogP contribution < -0.4 is 9.80 Å². The molecule has 0 aromatic heterocycles. The summed E-state index contributed by atoms with van der Waals surface area (Å²) in [5.41, 5.74) is 2.74. The summed E-state index contributed by atoms with van der Waals surface area (Å²) >= 11 is 0. The minimum absolute atomic E-state index is 0.723. The summed E-state index contributed by atoms with van der Waals surface area (Å²) < 4.78 is 0. The van der Waals surface area contributed by atoms with E-state index in [4.69, 9.17) is 0 Å². The van der Waals surface area contributed by atoms with Crippen LogP contribution in [0.2, 0.25) is 0 Å². The first-order valence-corrected chi connectivity index (χ1v) is 4.50. The van der Waals surface area contributed by atoms with Crippen LogP contribution in [-0.4, -0.2) is 34.5 Å². The van der Waals surface area contributed by atoms with E-state index in [0.29, 0.717) is 0 Å². The molecule has 0 amide bonds. The first-order valence-electron chi connectivity index (χ1n) is 4.50. The molecule has 0 unspecified atom stereocenters. The zero-order valence-electron chi connectivity index (χ0n) is 9.11. The number of carbonyl (C=O) groups excluding carboxylic acids is 1. The third-order valence-electron chi connectivity index (χ3n) is 2.10. The second kappa shape index (κ2) is 4.13. The SMILES string of the molecule is CN(C)c1cccc(C=O)c1N(C)C. The van der Waals surface area contributed by atoms with Gasteiger partial charge in [-0.2, -0.15) is 0 Å². The van der Waals surface area contributed by atoms with Gasteiger partial charge in [0.1, 0.15) is 0 Å². The molecule has 14 heavy (non-hydrogen) atoms. The Hall–Kier alpha value is -1.51. The van der Waals surface area contributed by atoms with Crippen molar-refractivity contribution in [3.8, 4) is 0 Å². The quantitative estimate of drug-likeness (QED) is 0.680. The van der Waals surface area contributed by atoms with Crippen LogP contribution >= 0.6 is 0 Å². The normalized spacial score (nSPS) is 9.71. The standard InChI is InChI=1S/C11H16N2O/c1-12(2)10-7-5-6-9(8-14)11(10)13(3)4/h5-8H,1-4H3. The molecule has 0 fully saturated rings. The van der Waals surface area contributed by atoms with Gasteiger partial charge in [0.2, 0.25) is 0 Å². The number of benzene rings is 1. The Bertz CT molecular complexity index is 332. The molecule has 0 aliphatic heterocycles. The number of hydrogen-bond acceptors (Lipinski definition) is 3. The van der Waals surface area contributed by atoms with E-state index in [-0.39, 0.29) is 0 Å². The number of hydrogen-bond donors (Lipinski definition) is 0. The maximum absolute atomic E-state index is 10.9. The van der Waals surface area contributed by atoms with Crippen LogP contribution in [0, 0.1) is 0 Å². The van der Waals surface area contributed by atoms with Crippen molar-refractivity contribution in [3.05, 3.63) is 23.8 Å². The van der Waals surface area contributed by atoms with E-state index in [1.165, 1.54) is 0 Å². The summed E-state index contributed by atoms with van der Waals surface area (Å²) in [6.07, 6.45) is 0.891. The third kappa shape index (κ3) is 1.87. The summed E-state index contributed by atoms with van der Waals surface area (Å²) in [6, 6.07) is 5.73. The molecule has 0 aliphatic carbocycles. The fraction of sp³-hybridized carbons (Fsp3) is 0.364. The molecule has 0 N–H and O–H groups in total. The van der Waals surface area contributed by atoms with E-state index >= 15 is 0 Å². The molecule has 0 atom stereocenters. The van der Waals surface area contributed by atoms with E-state index in [0.717, 1.165) is 23.2 Å². The van der Waals surface area contributed by atoms with Crippen LogP contribution in [0.4, 0.5) is 11.4 Å². The molecule has 3 heteroatoms. The largest absolute Gasteiger partial charge is 0.376 e. The van der Waals surface area contributed by atoms with Gasteiger partial charge in [0.05, 0.1) is 11.4 Å². The first-order chi connectivity index (χ1) is 6.57. The van der Waals surface area contributed by atoms with Crippen LogP contribution in [-0.2, 0) is 0 Å². The second-order valence-corrected chi connectivity index (χ2v) is 3.62. The summed E-state index contributed by atoms with van der Waals surface area (Å²) in [5.74, 6) is 0. The van der Waals surface area contributed by atoms with Gasteiger partial charge < -0.3 is 9.80 Å². The van der Waals surface area contributed by atoms with Crippen molar-refractivity contribution in [1.29, 1.82) is 0 Å². The van der Waals surface area contributed by atoms with Crippen LogP contribution in [0.1, 0.15) is 10.4 Å². The number of para-hydroxylation sites is 1. The van der Waals surface area contributed by atoms with E-state index < -0.39 is 0 Å². The molecule has 76 valence electrons. The zero-order valence-corrected chi connectivity index (χ0v) is 9.11. The van der Waals surface area contributed by atoms with E-state index in [2.05, 4.69) is 0 Å². The number of rotatable bonds is 3. The minimum atomic E-state index is 0.723.